The van der Waals surface area contributed by atoms with E-state index in [0.717, 1.165) is 31.7 Å². The van der Waals surface area contributed by atoms with Gasteiger partial charge >= 0.3 is 6.18 Å². The molecule has 2 atom stereocenters. The smallest absolute Gasteiger partial charge is 0.311 e. The summed E-state index contributed by atoms with van der Waals surface area (Å²) in [4.78, 5) is 1.98. The van der Waals surface area contributed by atoms with Crippen LogP contribution in [0.1, 0.15) is 36.8 Å². The molecule has 0 aromatic heterocycles. The normalized spacial score (nSPS) is 27.1. The average Bonchev–Trinajstić information content (AvgIpc) is 2.78. The van der Waals surface area contributed by atoms with Crippen molar-refractivity contribution >= 4 is 12.4 Å². The first-order chi connectivity index (χ1) is 10.3. The molecule has 0 spiro atoms. The summed E-state index contributed by atoms with van der Waals surface area (Å²) in [5, 5.41) is 3.53. The first-order valence-corrected chi connectivity index (χ1v) is 7.65. The zero-order valence-corrected chi connectivity index (χ0v) is 13.7. The van der Waals surface area contributed by atoms with Crippen LogP contribution in [-0.2, 0) is 12.7 Å². The van der Waals surface area contributed by atoms with Gasteiger partial charge in [-0.1, -0.05) is 6.07 Å². The highest BCUT2D eigenvalue weighted by molar-refractivity contribution is 5.85. The number of benzene rings is 1. The van der Waals surface area contributed by atoms with Gasteiger partial charge in [0.25, 0.3) is 0 Å². The first kappa shape index (κ1) is 18.5. The van der Waals surface area contributed by atoms with Crippen molar-refractivity contribution in [1.29, 1.82) is 0 Å². The number of hydrogen-bond donors (Lipinski definition) is 1. The molecule has 0 aliphatic carbocycles. The highest BCUT2D eigenvalue weighted by Crippen LogP contribution is 2.34. The van der Waals surface area contributed by atoms with Crippen molar-refractivity contribution in [2.45, 2.75) is 56.5 Å². The minimum atomic E-state index is -4.52. The number of halogens is 5. The summed E-state index contributed by atoms with van der Waals surface area (Å²) in [7, 11) is 1.86. The Hall–Kier alpha value is -0.850. The highest BCUT2D eigenvalue weighted by atomic mass is 35.5. The van der Waals surface area contributed by atoms with Crippen LogP contribution in [0.5, 0.6) is 0 Å². The maximum Gasteiger partial charge on any atom is 0.416 e. The lowest BCUT2D eigenvalue weighted by Crippen LogP contribution is -2.46. The summed E-state index contributed by atoms with van der Waals surface area (Å²) in [6.45, 7) is 0.194. The van der Waals surface area contributed by atoms with Crippen molar-refractivity contribution in [2.24, 2.45) is 0 Å². The van der Waals surface area contributed by atoms with Crippen molar-refractivity contribution in [3.63, 3.8) is 0 Å². The molecular weight excluding hydrogens is 332 g/mol. The third-order valence-electron chi connectivity index (χ3n) is 4.87. The van der Waals surface area contributed by atoms with Gasteiger partial charge in [0.15, 0.2) is 0 Å². The fourth-order valence-corrected chi connectivity index (χ4v) is 3.74. The predicted molar refractivity (Wildman–Crippen MR) is 83.1 cm³/mol. The predicted octanol–water partition coefficient (Wildman–Crippen LogP) is 3.98. The number of fused-ring (bicyclic) bond motifs is 2. The van der Waals surface area contributed by atoms with Crippen molar-refractivity contribution in [2.75, 3.05) is 7.05 Å². The van der Waals surface area contributed by atoms with Gasteiger partial charge in [-0.3, -0.25) is 4.90 Å². The van der Waals surface area contributed by atoms with E-state index in [1.54, 1.807) is 0 Å². The number of rotatable bonds is 3. The zero-order chi connectivity index (χ0) is 15.9. The van der Waals surface area contributed by atoms with Crippen LogP contribution in [-0.4, -0.2) is 30.1 Å². The van der Waals surface area contributed by atoms with E-state index in [1.165, 1.54) is 6.07 Å². The van der Waals surface area contributed by atoms with E-state index in [1.807, 2.05) is 11.9 Å². The van der Waals surface area contributed by atoms with Crippen LogP contribution in [0.4, 0.5) is 17.6 Å². The summed E-state index contributed by atoms with van der Waals surface area (Å²) >= 11 is 0. The fraction of sp³-hybridized carbons (Fsp3) is 0.625. The van der Waals surface area contributed by atoms with Gasteiger partial charge in [0.2, 0.25) is 0 Å². The third kappa shape index (κ3) is 4.17. The van der Waals surface area contributed by atoms with Gasteiger partial charge in [-0.15, -0.1) is 12.4 Å². The standard InChI is InChI=1S/C16H20F4N2.ClH/c1-22(14-7-12-4-5-13(8-14)21-12)9-10-2-3-11(17)6-15(10)16(18,19)20;/h2-3,6,12-14,21H,4-5,7-9H2,1H3;1H. The molecule has 0 radical (unpaired) electrons. The van der Waals surface area contributed by atoms with E-state index in [4.69, 9.17) is 0 Å². The van der Waals surface area contributed by atoms with E-state index in [2.05, 4.69) is 5.32 Å². The van der Waals surface area contributed by atoms with Crippen LogP contribution < -0.4 is 5.32 Å². The summed E-state index contributed by atoms with van der Waals surface area (Å²) in [6, 6.07) is 4.21. The molecule has 2 bridgehead atoms. The monoisotopic (exact) mass is 352 g/mol. The van der Waals surface area contributed by atoms with Gasteiger partial charge in [-0.25, -0.2) is 4.39 Å². The Labute approximate surface area is 139 Å². The number of piperidine rings is 1. The third-order valence-corrected chi connectivity index (χ3v) is 4.87. The van der Waals surface area contributed by atoms with E-state index < -0.39 is 17.6 Å². The largest absolute Gasteiger partial charge is 0.416 e. The Balaban J connectivity index is 0.00000192. The number of nitrogens with one attached hydrogen (secondary N) is 1. The van der Waals surface area contributed by atoms with Crippen LogP contribution in [0.3, 0.4) is 0 Å². The molecule has 1 aromatic rings. The van der Waals surface area contributed by atoms with Crippen LogP contribution >= 0.6 is 12.4 Å². The molecule has 2 aliphatic heterocycles. The van der Waals surface area contributed by atoms with Crippen molar-refractivity contribution in [3.05, 3.63) is 35.1 Å². The molecular formula is C16H21ClF4N2. The van der Waals surface area contributed by atoms with Crippen LogP contribution in [0, 0.1) is 5.82 Å². The molecule has 1 aromatic carbocycles. The average molecular weight is 353 g/mol. The second-order valence-corrected chi connectivity index (χ2v) is 6.48. The molecule has 2 heterocycles. The fourth-order valence-electron chi connectivity index (χ4n) is 3.74. The molecule has 3 rings (SSSR count). The Kier molecular flexibility index (Phi) is 5.59. The second-order valence-electron chi connectivity index (χ2n) is 6.48. The van der Waals surface area contributed by atoms with Gasteiger partial charge in [-0.05, 0) is 50.4 Å². The Morgan fingerprint density at radius 1 is 1.17 bits per heavy atom. The molecule has 2 fully saturated rings. The quantitative estimate of drug-likeness (QED) is 0.828. The summed E-state index contributed by atoms with van der Waals surface area (Å²) in [5.74, 6) is -0.848. The van der Waals surface area contributed by atoms with Crippen molar-refractivity contribution in [1.82, 2.24) is 10.2 Å². The van der Waals surface area contributed by atoms with Gasteiger partial charge in [0, 0.05) is 24.7 Å². The van der Waals surface area contributed by atoms with Crippen LogP contribution in [0.15, 0.2) is 18.2 Å². The SMILES string of the molecule is CN(Cc1ccc(F)cc1C(F)(F)F)C1CC2CCC(C1)N2.Cl. The van der Waals surface area contributed by atoms with E-state index >= 15 is 0 Å². The van der Waals surface area contributed by atoms with E-state index in [-0.39, 0.29) is 30.6 Å². The minimum Gasteiger partial charge on any atom is -0.311 e. The number of hydrogen-bond acceptors (Lipinski definition) is 2. The van der Waals surface area contributed by atoms with Crippen LogP contribution in [0.2, 0.25) is 0 Å². The van der Waals surface area contributed by atoms with Gasteiger partial charge < -0.3 is 5.32 Å². The van der Waals surface area contributed by atoms with Gasteiger partial charge in [0.05, 0.1) is 5.56 Å². The van der Waals surface area contributed by atoms with E-state index in [9.17, 15) is 17.6 Å². The maximum atomic E-state index is 13.2. The molecule has 2 nitrogen and oxygen atoms in total. The van der Waals surface area contributed by atoms with Crippen molar-refractivity contribution < 1.29 is 17.6 Å². The lowest BCUT2D eigenvalue weighted by Gasteiger charge is -2.36. The number of nitrogens with zero attached hydrogens (tertiary/aromatic N) is 1. The second kappa shape index (κ2) is 6.95. The molecule has 23 heavy (non-hydrogen) atoms. The molecule has 0 saturated carbocycles. The van der Waals surface area contributed by atoms with Crippen molar-refractivity contribution in [3.8, 4) is 0 Å². The summed E-state index contributed by atoms with van der Waals surface area (Å²) < 4.78 is 52.3. The summed E-state index contributed by atoms with van der Waals surface area (Å²) in [6.07, 6.45) is -0.283. The molecule has 2 unspecified atom stereocenters. The zero-order valence-electron chi connectivity index (χ0n) is 12.9. The molecule has 2 saturated heterocycles. The topological polar surface area (TPSA) is 15.3 Å². The molecule has 7 heteroatoms. The lowest BCUT2D eigenvalue weighted by molar-refractivity contribution is -0.138. The first-order valence-electron chi connectivity index (χ1n) is 7.65. The minimum absolute atomic E-state index is 0. The van der Waals surface area contributed by atoms with E-state index in [0.29, 0.717) is 18.2 Å². The molecule has 1 N–H and O–H groups in total. The Bertz CT molecular complexity index is 537. The Morgan fingerprint density at radius 2 is 1.78 bits per heavy atom. The number of alkyl halides is 3. The Morgan fingerprint density at radius 3 is 2.35 bits per heavy atom. The van der Waals surface area contributed by atoms with Gasteiger partial charge in [-0.2, -0.15) is 13.2 Å². The lowest BCUT2D eigenvalue weighted by atomic mass is 9.97. The maximum absolute atomic E-state index is 13.2. The molecule has 2 aliphatic rings. The molecule has 0 amide bonds. The highest BCUT2D eigenvalue weighted by Gasteiger charge is 2.37. The summed E-state index contributed by atoms with van der Waals surface area (Å²) in [5.41, 5.74) is -0.724. The molecule has 130 valence electrons. The van der Waals surface area contributed by atoms with Crippen LogP contribution in [0.25, 0.3) is 0 Å². The van der Waals surface area contributed by atoms with Gasteiger partial charge in [0.1, 0.15) is 5.82 Å².